The van der Waals surface area contributed by atoms with Crippen molar-refractivity contribution in [2.45, 2.75) is 26.8 Å². The smallest absolute Gasteiger partial charge is 0.337 e. The summed E-state index contributed by atoms with van der Waals surface area (Å²) in [6, 6.07) is 1.67. The standard InChI is InChI=1S/C11H13N3O3/c1-7-5-9(11(15)16)8(2)14(7)4-3-10-12-6-13-17-10/h5-6H,3-4H2,1-2H3,(H,15,16). The van der Waals surface area contributed by atoms with Crippen LogP contribution in [0.1, 0.15) is 27.6 Å². The molecule has 17 heavy (non-hydrogen) atoms. The van der Waals surface area contributed by atoms with Gasteiger partial charge in [0.25, 0.3) is 0 Å². The maximum absolute atomic E-state index is 11.0. The Kier molecular flexibility index (Phi) is 2.95. The quantitative estimate of drug-likeness (QED) is 0.866. The van der Waals surface area contributed by atoms with Gasteiger partial charge in [-0.25, -0.2) is 4.79 Å². The fourth-order valence-corrected chi connectivity index (χ4v) is 1.88. The van der Waals surface area contributed by atoms with Gasteiger partial charge >= 0.3 is 5.97 Å². The Hall–Kier alpha value is -2.11. The first-order valence-corrected chi connectivity index (χ1v) is 5.25. The highest BCUT2D eigenvalue weighted by Crippen LogP contribution is 2.15. The Balaban J connectivity index is 2.18. The van der Waals surface area contributed by atoms with Crippen LogP contribution in [-0.2, 0) is 13.0 Å². The van der Waals surface area contributed by atoms with Crippen LogP contribution in [0.15, 0.2) is 16.9 Å². The molecular weight excluding hydrogens is 222 g/mol. The molecule has 2 rings (SSSR count). The average molecular weight is 235 g/mol. The fraction of sp³-hybridized carbons (Fsp3) is 0.364. The molecule has 0 amide bonds. The Morgan fingerprint density at radius 3 is 2.82 bits per heavy atom. The van der Waals surface area contributed by atoms with Gasteiger partial charge in [-0.3, -0.25) is 0 Å². The number of nitrogens with zero attached hydrogens (tertiary/aromatic N) is 3. The molecule has 0 radical (unpaired) electrons. The first-order valence-electron chi connectivity index (χ1n) is 5.25. The van der Waals surface area contributed by atoms with Gasteiger partial charge in [0.15, 0.2) is 6.33 Å². The van der Waals surface area contributed by atoms with Gasteiger partial charge in [0.1, 0.15) is 0 Å². The maximum atomic E-state index is 11.0. The van der Waals surface area contributed by atoms with Crippen LogP contribution in [-0.4, -0.2) is 25.8 Å². The number of aryl methyl sites for hydroxylation is 2. The summed E-state index contributed by atoms with van der Waals surface area (Å²) >= 11 is 0. The average Bonchev–Trinajstić information content (AvgIpc) is 2.86. The number of aromatic nitrogens is 3. The second kappa shape index (κ2) is 4.40. The molecule has 6 nitrogen and oxygen atoms in total. The van der Waals surface area contributed by atoms with Gasteiger partial charge < -0.3 is 14.2 Å². The number of carbonyl (C=O) groups is 1. The molecular formula is C11H13N3O3. The molecule has 0 fully saturated rings. The number of carboxylic acid groups (broad SMARTS) is 1. The molecule has 2 aromatic rings. The van der Waals surface area contributed by atoms with Crippen molar-refractivity contribution in [2.75, 3.05) is 0 Å². The topological polar surface area (TPSA) is 81.1 Å². The first-order chi connectivity index (χ1) is 8.09. The summed E-state index contributed by atoms with van der Waals surface area (Å²) in [5, 5.41) is 12.5. The van der Waals surface area contributed by atoms with E-state index in [2.05, 4.69) is 10.1 Å². The maximum Gasteiger partial charge on any atom is 0.337 e. The second-order valence-electron chi connectivity index (χ2n) is 3.83. The van der Waals surface area contributed by atoms with E-state index in [1.807, 2.05) is 11.5 Å². The van der Waals surface area contributed by atoms with Gasteiger partial charge in [-0.1, -0.05) is 5.16 Å². The van der Waals surface area contributed by atoms with Crippen LogP contribution < -0.4 is 0 Å². The lowest BCUT2D eigenvalue weighted by molar-refractivity contribution is 0.0696. The third-order valence-corrected chi connectivity index (χ3v) is 2.76. The van der Waals surface area contributed by atoms with Gasteiger partial charge in [-0.05, 0) is 19.9 Å². The summed E-state index contributed by atoms with van der Waals surface area (Å²) in [7, 11) is 0. The van der Waals surface area contributed by atoms with Crippen LogP contribution in [0.3, 0.4) is 0 Å². The highest BCUT2D eigenvalue weighted by atomic mass is 16.5. The molecule has 1 N–H and O–H groups in total. The van der Waals surface area contributed by atoms with Crippen molar-refractivity contribution < 1.29 is 14.4 Å². The third-order valence-electron chi connectivity index (χ3n) is 2.76. The van der Waals surface area contributed by atoms with E-state index in [1.165, 1.54) is 6.33 Å². The molecule has 0 aromatic carbocycles. The van der Waals surface area contributed by atoms with Crippen molar-refractivity contribution >= 4 is 5.97 Å². The molecule has 90 valence electrons. The van der Waals surface area contributed by atoms with Crippen LogP contribution in [0.2, 0.25) is 0 Å². The Morgan fingerprint density at radius 2 is 2.29 bits per heavy atom. The molecule has 0 bridgehead atoms. The molecule has 0 saturated carbocycles. The number of hydrogen-bond donors (Lipinski definition) is 1. The van der Waals surface area contributed by atoms with E-state index in [4.69, 9.17) is 9.63 Å². The molecule has 6 heteroatoms. The van der Waals surface area contributed by atoms with Gasteiger partial charge in [-0.2, -0.15) is 4.98 Å². The van der Waals surface area contributed by atoms with Crippen molar-refractivity contribution in [2.24, 2.45) is 0 Å². The zero-order valence-electron chi connectivity index (χ0n) is 9.67. The Bertz CT molecular complexity index is 528. The van der Waals surface area contributed by atoms with Gasteiger partial charge in [0.05, 0.1) is 5.56 Å². The molecule has 0 aliphatic carbocycles. The molecule has 0 saturated heterocycles. The van der Waals surface area contributed by atoms with Crippen molar-refractivity contribution in [3.05, 3.63) is 35.2 Å². The summed E-state index contributed by atoms with van der Waals surface area (Å²) in [5.74, 6) is -0.350. The van der Waals surface area contributed by atoms with Crippen molar-refractivity contribution in [1.29, 1.82) is 0 Å². The predicted molar refractivity (Wildman–Crippen MR) is 58.9 cm³/mol. The van der Waals surface area contributed by atoms with Crippen molar-refractivity contribution in [1.82, 2.24) is 14.7 Å². The van der Waals surface area contributed by atoms with E-state index in [-0.39, 0.29) is 0 Å². The summed E-state index contributed by atoms with van der Waals surface area (Å²) in [5.41, 5.74) is 2.00. The zero-order chi connectivity index (χ0) is 12.4. The van der Waals surface area contributed by atoms with Crippen LogP contribution in [0.25, 0.3) is 0 Å². The predicted octanol–water partition coefficient (Wildman–Crippen LogP) is 1.43. The lowest BCUT2D eigenvalue weighted by Gasteiger charge is -2.07. The minimum absolute atomic E-state index is 0.341. The zero-order valence-corrected chi connectivity index (χ0v) is 9.67. The van der Waals surface area contributed by atoms with E-state index in [9.17, 15) is 4.79 Å². The lowest BCUT2D eigenvalue weighted by atomic mass is 10.2. The lowest BCUT2D eigenvalue weighted by Crippen LogP contribution is -2.07. The van der Waals surface area contributed by atoms with Gasteiger partial charge in [0.2, 0.25) is 5.89 Å². The van der Waals surface area contributed by atoms with Crippen LogP contribution in [0.4, 0.5) is 0 Å². The van der Waals surface area contributed by atoms with E-state index in [0.29, 0.717) is 24.4 Å². The highest BCUT2D eigenvalue weighted by Gasteiger charge is 2.14. The van der Waals surface area contributed by atoms with Crippen LogP contribution in [0, 0.1) is 13.8 Å². The second-order valence-corrected chi connectivity index (χ2v) is 3.83. The van der Waals surface area contributed by atoms with Gasteiger partial charge in [-0.15, -0.1) is 0 Å². The molecule has 2 heterocycles. The molecule has 0 spiro atoms. The largest absolute Gasteiger partial charge is 0.478 e. The number of carboxylic acids is 1. The van der Waals surface area contributed by atoms with E-state index in [1.54, 1.807) is 13.0 Å². The molecule has 0 atom stereocenters. The monoisotopic (exact) mass is 235 g/mol. The number of rotatable bonds is 4. The van der Waals surface area contributed by atoms with E-state index in [0.717, 1.165) is 11.4 Å². The first kappa shape index (κ1) is 11.4. The van der Waals surface area contributed by atoms with E-state index < -0.39 is 5.97 Å². The SMILES string of the molecule is Cc1cc(C(=O)O)c(C)n1CCc1ncno1. The Morgan fingerprint density at radius 1 is 1.53 bits per heavy atom. The minimum Gasteiger partial charge on any atom is -0.478 e. The summed E-state index contributed by atoms with van der Waals surface area (Å²) in [4.78, 5) is 14.9. The fourth-order valence-electron chi connectivity index (χ4n) is 1.88. The minimum atomic E-state index is -0.901. The van der Waals surface area contributed by atoms with Crippen molar-refractivity contribution in [3.63, 3.8) is 0 Å². The van der Waals surface area contributed by atoms with Crippen LogP contribution in [0.5, 0.6) is 0 Å². The number of hydrogen-bond acceptors (Lipinski definition) is 4. The summed E-state index contributed by atoms with van der Waals surface area (Å²) in [6.45, 7) is 4.31. The molecule has 0 aliphatic heterocycles. The number of aromatic carboxylic acids is 1. The highest BCUT2D eigenvalue weighted by molar-refractivity contribution is 5.89. The van der Waals surface area contributed by atoms with E-state index >= 15 is 0 Å². The summed E-state index contributed by atoms with van der Waals surface area (Å²) < 4.78 is 6.84. The van der Waals surface area contributed by atoms with Gasteiger partial charge in [0, 0.05) is 24.4 Å². The molecule has 0 aliphatic rings. The molecule has 2 aromatic heterocycles. The third kappa shape index (κ3) is 2.20. The molecule has 0 unspecified atom stereocenters. The summed E-state index contributed by atoms with van der Waals surface area (Å²) in [6.07, 6.45) is 1.95. The van der Waals surface area contributed by atoms with Crippen molar-refractivity contribution in [3.8, 4) is 0 Å². The van der Waals surface area contributed by atoms with Crippen LogP contribution >= 0.6 is 0 Å². The normalized spacial score (nSPS) is 10.7. The Labute approximate surface area is 97.9 Å².